The van der Waals surface area contributed by atoms with E-state index in [9.17, 15) is 16.8 Å². The van der Waals surface area contributed by atoms with Crippen molar-refractivity contribution in [1.82, 2.24) is 4.31 Å². The standard InChI is InChI=1S/C16H25NO4S2/c1-6-17(16(5)7-8-22(18,19)11-16)23(20,21)15-10-13(3)12(2)9-14(15)4/h9-10H,6-8,11H2,1-5H3/t16-/m1/s1. The molecule has 2 rings (SSSR count). The number of aryl methyl sites for hydroxylation is 3. The van der Waals surface area contributed by atoms with Gasteiger partial charge in [-0.2, -0.15) is 4.31 Å². The van der Waals surface area contributed by atoms with Gasteiger partial charge in [0.1, 0.15) is 0 Å². The molecule has 0 spiro atoms. The lowest BCUT2D eigenvalue weighted by atomic mass is 10.0. The zero-order chi connectivity index (χ0) is 17.6. The average Bonchev–Trinajstić information content (AvgIpc) is 2.68. The monoisotopic (exact) mass is 359 g/mol. The molecule has 5 nitrogen and oxygen atoms in total. The summed E-state index contributed by atoms with van der Waals surface area (Å²) in [5.41, 5.74) is 1.77. The van der Waals surface area contributed by atoms with E-state index in [0.717, 1.165) is 11.1 Å². The predicted octanol–water partition coefficient (Wildman–Crippen LogP) is 2.20. The van der Waals surface area contributed by atoms with E-state index in [0.29, 0.717) is 12.0 Å². The molecule has 0 aromatic heterocycles. The zero-order valence-corrected chi connectivity index (χ0v) is 16.0. The Balaban J connectivity index is 2.55. The highest BCUT2D eigenvalue weighted by Crippen LogP contribution is 2.35. The van der Waals surface area contributed by atoms with Crippen molar-refractivity contribution in [2.45, 2.75) is 51.5 Å². The van der Waals surface area contributed by atoms with Crippen LogP contribution in [-0.2, 0) is 19.9 Å². The first kappa shape index (κ1) is 18.4. The van der Waals surface area contributed by atoms with Gasteiger partial charge in [-0.05, 0) is 56.9 Å². The number of hydrogen-bond acceptors (Lipinski definition) is 4. The van der Waals surface area contributed by atoms with Gasteiger partial charge in [0.2, 0.25) is 10.0 Å². The Morgan fingerprint density at radius 3 is 2.17 bits per heavy atom. The molecule has 0 aliphatic carbocycles. The Kier molecular flexibility index (Phi) is 4.69. The van der Waals surface area contributed by atoms with Crippen molar-refractivity contribution in [2.75, 3.05) is 18.1 Å². The van der Waals surface area contributed by atoms with Gasteiger partial charge in [0.25, 0.3) is 0 Å². The highest BCUT2D eigenvalue weighted by Gasteiger charge is 2.47. The summed E-state index contributed by atoms with van der Waals surface area (Å²) in [7, 11) is -6.93. The van der Waals surface area contributed by atoms with Crippen LogP contribution < -0.4 is 0 Å². The summed E-state index contributed by atoms with van der Waals surface area (Å²) in [6.45, 7) is 9.34. The van der Waals surface area contributed by atoms with Crippen molar-refractivity contribution < 1.29 is 16.8 Å². The number of sulfonamides is 1. The maximum atomic E-state index is 13.2. The molecule has 7 heteroatoms. The molecule has 1 heterocycles. The number of hydrogen-bond donors (Lipinski definition) is 0. The van der Waals surface area contributed by atoms with Crippen LogP contribution in [0.2, 0.25) is 0 Å². The molecule has 1 saturated heterocycles. The molecule has 0 saturated carbocycles. The minimum absolute atomic E-state index is 0.0431. The maximum absolute atomic E-state index is 13.2. The van der Waals surface area contributed by atoms with Gasteiger partial charge in [0.15, 0.2) is 9.84 Å². The summed E-state index contributed by atoms with van der Waals surface area (Å²) in [6.07, 6.45) is 0.340. The van der Waals surface area contributed by atoms with E-state index in [1.54, 1.807) is 26.8 Å². The lowest BCUT2D eigenvalue weighted by Crippen LogP contribution is -2.50. The molecule has 0 amide bonds. The summed E-state index contributed by atoms with van der Waals surface area (Å²) in [5, 5.41) is 0. The summed E-state index contributed by atoms with van der Waals surface area (Å²) >= 11 is 0. The van der Waals surface area contributed by atoms with Gasteiger partial charge in [-0.3, -0.25) is 0 Å². The molecule has 23 heavy (non-hydrogen) atoms. The first-order valence-corrected chi connectivity index (χ1v) is 11.0. The lowest BCUT2D eigenvalue weighted by molar-refractivity contribution is 0.243. The van der Waals surface area contributed by atoms with E-state index in [1.165, 1.54) is 4.31 Å². The predicted molar refractivity (Wildman–Crippen MR) is 91.9 cm³/mol. The van der Waals surface area contributed by atoms with Gasteiger partial charge >= 0.3 is 0 Å². The van der Waals surface area contributed by atoms with Crippen LogP contribution >= 0.6 is 0 Å². The minimum Gasteiger partial charge on any atom is -0.229 e. The van der Waals surface area contributed by atoms with Crippen molar-refractivity contribution in [1.29, 1.82) is 0 Å². The van der Waals surface area contributed by atoms with Crippen LogP contribution in [0, 0.1) is 20.8 Å². The van der Waals surface area contributed by atoms with E-state index >= 15 is 0 Å². The summed E-state index contributed by atoms with van der Waals surface area (Å²) in [4.78, 5) is 0.271. The molecule has 0 unspecified atom stereocenters. The molecule has 1 atom stereocenters. The second-order valence-electron chi connectivity index (χ2n) is 6.71. The highest BCUT2D eigenvalue weighted by atomic mass is 32.2. The Hall–Kier alpha value is -0.920. The van der Waals surface area contributed by atoms with Crippen molar-refractivity contribution in [3.05, 3.63) is 28.8 Å². The average molecular weight is 360 g/mol. The summed E-state index contributed by atoms with van der Waals surface area (Å²) < 4.78 is 51.5. The second-order valence-corrected chi connectivity index (χ2v) is 10.7. The van der Waals surface area contributed by atoms with Crippen LogP contribution in [0.15, 0.2) is 17.0 Å². The molecule has 1 aliphatic rings. The topological polar surface area (TPSA) is 71.5 Å². The lowest BCUT2D eigenvalue weighted by Gasteiger charge is -2.36. The quantitative estimate of drug-likeness (QED) is 0.826. The van der Waals surface area contributed by atoms with Crippen molar-refractivity contribution in [2.24, 2.45) is 0 Å². The fraction of sp³-hybridized carbons (Fsp3) is 0.625. The Morgan fingerprint density at radius 2 is 1.70 bits per heavy atom. The van der Waals surface area contributed by atoms with Crippen molar-refractivity contribution in [3.63, 3.8) is 0 Å². The summed E-state index contributed by atoms with van der Waals surface area (Å²) in [5.74, 6) is -0.0710. The molecule has 1 aromatic rings. The third-order valence-electron chi connectivity index (χ3n) is 4.73. The van der Waals surface area contributed by atoms with Gasteiger partial charge in [-0.1, -0.05) is 13.0 Å². The molecule has 130 valence electrons. The van der Waals surface area contributed by atoms with E-state index in [-0.39, 0.29) is 22.9 Å². The molecular formula is C16H25NO4S2. The first-order chi connectivity index (χ1) is 10.4. The van der Waals surface area contributed by atoms with E-state index in [1.807, 2.05) is 19.9 Å². The van der Waals surface area contributed by atoms with Gasteiger partial charge in [0.05, 0.1) is 16.4 Å². The van der Waals surface area contributed by atoms with Crippen LogP contribution in [-0.4, -0.2) is 44.7 Å². The number of nitrogens with zero attached hydrogens (tertiary/aromatic N) is 1. The minimum atomic E-state index is -3.74. The van der Waals surface area contributed by atoms with E-state index in [4.69, 9.17) is 0 Å². The Morgan fingerprint density at radius 1 is 1.13 bits per heavy atom. The second kappa shape index (κ2) is 5.86. The molecule has 0 radical (unpaired) electrons. The fourth-order valence-electron chi connectivity index (χ4n) is 3.36. The third kappa shape index (κ3) is 3.32. The zero-order valence-electron chi connectivity index (χ0n) is 14.4. The largest absolute Gasteiger partial charge is 0.243 e. The van der Waals surface area contributed by atoms with Gasteiger partial charge in [0, 0.05) is 12.1 Å². The van der Waals surface area contributed by atoms with Crippen LogP contribution in [0.3, 0.4) is 0 Å². The molecule has 1 aliphatic heterocycles. The molecule has 0 N–H and O–H groups in total. The van der Waals surface area contributed by atoms with Crippen LogP contribution in [0.25, 0.3) is 0 Å². The summed E-state index contributed by atoms with van der Waals surface area (Å²) in [6, 6.07) is 3.55. The Labute approximate surface area is 139 Å². The fourth-order valence-corrected chi connectivity index (χ4v) is 7.69. The Bertz CT molecular complexity index is 828. The number of sulfone groups is 1. The molecular weight excluding hydrogens is 334 g/mol. The number of rotatable bonds is 4. The first-order valence-electron chi connectivity index (χ1n) is 7.74. The maximum Gasteiger partial charge on any atom is 0.243 e. The van der Waals surface area contributed by atoms with Crippen molar-refractivity contribution in [3.8, 4) is 0 Å². The van der Waals surface area contributed by atoms with Crippen LogP contribution in [0.4, 0.5) is 0 Å². The normalized spacial score (nSPS) is 24.3. The van der Waals surface area contributed by atoms with Crippen molar-refractivity contribution >= 4 is 19.9 Å². The highest BCUT2D eigenvalue weighted by molar-refractivity contribution is 7.92. The van der Waals surface area contributed by atoms with Gasteiger partial charge in [-0.15, -0.1) is 0 Å². The number of benzene rings is 1. The van der Waals surface area contributed by atoms with E-state index < -0.39 is 25.4 Å². The van der Waals surface area contributed by atoms with E-state index in [2.05, 4.69) is 0 Å². The molecule has 1 fully saturated rings. The van der Waals surface area contributed by atoms with Gasteiger partial charge in [-0.25, -0.2) is 16.8 Å². The van der Waals surface area contributed by atoms with Crippen LogP contribution in [0.1, 0.15) is 37.0 Å². The SMILES string of the molecule is CCN([C@]1(C)CCS(=O)(=O)C1)S(=O)(=O)c1cc(C)c(C)cc1C. The third-order valence-corrected chi connectivity index (χ3v) is 8.89. The molecule has 0 bridgehead atoms. The van der Waals surface area contributed by atoms with Crippen LogP contribution in [0.5, 0.6) is 0 Å². The smallest absolute Gasteiger partial charge is 0.229 e. The van der Waals surface area contributed by atoms with Gasteiger partial charge < -0.3 is 0 Å². The molecule has 1 aromatic carbocycles.